The lowest BCUT2D eigenvalue weighted by atomic mass is 10.00. The number of hydrogen-bond acceptors (Lipinski definition) is 2. The molecule has 2 nitrogen and oxygen atoms in total. The van der Waals surface area contributed by atoms with Crippen LogP contribution >= 0.6 is 0 Å². The normalized spacial score (nSPS) is 13.3. The zero-order chi connectivity index (χ0) is 9.84. The summed E-state index contributed by atoms with van der Waals surface area (Å²) >= 11 is 0. The molecular weight excluding hydrogens is 162 g/mol. The first-order valence-electron chi connectivity index (χ1n) is 4.61. The van der Waals surface area contributed by atoms with Crippen LogP contribution in [-0.4, -0.2) is 11.7 Å². The molecule has 0 heterocycles. The molecule has 2 heteroatoms. The van der Waals surface area contributed by atoms with Gasteiger partial charge in [-0.3, -0.25) is 0 Å². The fraction of sp³-hybridized carbons (Fsp3) is 0.455. The van der Waals surface area contributed by atoms with E-state index in [4.69, 9.17) is 10.8 Å². The molecule has 0 spiro atoms. The molecule has 3 N–H and O–H groups in total. The van der Waals surface area contributed by atoms with Crippen LogP contribution in [0, 0.1) is 0 Å². The average Bonchev–Trinajstić information content (AvgIpc) is 2.17. The van der Waals surface area contributed by atoms with Gasteiger partial charge in [-0.05, 0) is 17.0 Å². The molecule has 72 valence electrons. The number of nitrogens with two attached hydrogens (primary N) is 1. The third-order valence-corrected chi connectivity index (χ3v) is 2.23. The van der Waals surface area contributed by atoms with E-state index in [9.17, 15) is 0 Å². The summed E-state index contributed by atoms with van der Waals surface area (Å²) in [7, 11) is 0. The first-order valence-corrected chi connectivity index (χ1v) is 4.61. The van der Waals surface area contributed by atoms with Gasteiger partial charge >= 0.3 is 0 Å². The molecule has 1 aromatic carbocycles. The maximum Gasteiger partial charge on any atom is 0.0624 e. The van der Waals surface area contributed by atoms with E-state index >= 15 is 0 Å². The summed E-state index contributed by atoms with van der Waals surface area (Å²) < 4.78 is 0. The minimum absolute atomic E-state index is 0.00102. The molecule has 1 unspecified atom stereocenters. The lowest BCUT2D eigenvalue weighted by molar-refractivity contribution is 0.268. The van der Waals surface area contributed by atoms with Crippen LogP contribution in [0.2, 0.25) is 0 Å². The maximum atomic E-state index is 8.84. The number of rotatable bonds is 3. The smallest absolute Gasteiger partial charge is 0.0624 e. The van der Waals surface area contributed by atoms with Crippen molar-refractivity contribution < 1.29 is 5.11 Å². The zero-order valence-electron chi connectivity index (χ0n) is 8.20. The monoisotopic (exact) mass is 179 g/mol. The van der Waals surface area contributed by atoms with Crippen molar-refractivity contribution in [2.45, 2.75) is 25.8 Å². The van der Waals surface area contributed by atoms with Gasteiger partial charge in [0.25, 0.3) is 0 Å². The average molecular weight is 179 g/mol. The summed E-state index contributed by atoms with van der Waals surface area (Å²) in [6.45, 7) is 4.31. The molecule has 0 aliphatic carbocycles. The van der Waals surface area contributed by atoms with Gasteiger partial charge in [-0.15, -0.1) is 0 Å². The summed E-state index contributed by atoms with van der Waals surface area (Å²) in [6, 6.07) is 7.85. The minimum Gasteiger partial charge on any atom is -0.394 e. The second-order valence-electron chi connectivity index (χ2n) is 3.61. The van der Waals surface area contributed by atoms with E-state index in [1.54, 1.807) is 0 Å². The van der Waals surface area contributed by atoms with Crippen LogP contribution in [0.3, 0.4) is 0 Å². The van der Waals surface area contributed by atoms with Gasteiger partial charge in [0.1, 0.15) is 0 Å². The van der Waals surface area contributed by atoms with Crippen molar-refractivity contribution in [1.82, 2.24) is 0 Å². The maximum absolute atomic E-state index is 8.84. The Balaban J connectivity index is 2.81. The SMILES string of the molecule is CC(C)c1ccc(C(N)CO)cc1. The molecule has 13 heavy (non-hydrogen) atoms. The van der Waals surface area contributed by atoms with Crippen LogP contribution in [0.25, 0.3) is 0 Å². The van der Waals surface area contributed by atoms with Gasteiger partial charge in [-0.2, -0.15) is 0 Å². The molecule has 0 bridgehead atoms. The third kappa shape index (κ3) is 2.54. The van der Waals surface area contributed by atoms with E-state index in [1.165, 1.54) is 5.56 Å². The van der Waals surface area contributed by atoms with E-state index in [0.717, 1.165) is 5.56 Å². The zero-order valence-corrected chi connectivity index (χ0v) is 8.20. The highest BCUT2D eigenvalue weighted by atomic mass is 16.3. The Kier molecular flexibility index (Phi) is 3.46. The molecule has 1 atom stereocenters. The predicted octanol–water partition coefficient (Wildman–Crippen LogP) is 1.80. The molecule has 0 saturated heterocycles. The van der Waals surface area contributed by atoms with Gasteiger partial charge in [0.05, 0.1) is 12.6 Å². The molecule has 0 fully saturated rings. The fourth-order valence-electron chi connectivity index (χ4n) is 1.23. The van der Waals surface area contributed by atoms with Crippen molar-refractivity contribution in [2.75, 3.05) is 6.61 Å². The van der Waals surface area contributed by atoms with Crippen LogP contribution in [0.1, 0.15) is 36.9 Å². The van der Waals surface area contributed by atoms with Crippen molar-refractivity contribution in [1.29, 1.82) is 0 Å². The molecule has 1 rings (SSSR count). The number of benzene rings is 1. The van der Waals surface area contributed by atoms with Crippen molar-refractivity contribution in [2.24, 2.45) is 5.73 Å². The highest BCUT2D eigenvalue weighted by Gasteiger charge is 2.04. The Labute approximate surface area is 79.4 Å². The summed E-state index contributed by atoms with van der Waals surface area (Å²) in [5.41, 5.74) is 7.96. The summed E-state index contributed by atoms with van der Waals surface area (Å²) in [5.74, 6) is 0.541. The van der Waals surface area contributed by atoms with Crippen LogP contribution in [0.15, 0.2) is 24.3 Å². The largest absolute Gasteiger partial charge is 0.394 e. The molecule has 0 aliphatic rings. The topological polar surface area (TPSA) is 46.2 Å². The molecule has 1 aromatic rings. The molecule has 0 aromatic heterocycles. The molecule has 0 amide bonds. The summed E-state index contributed by atoms with van der Waals surface area (Å²) in [4.78, 5) is 0. The van der Waals surface area contributed by atoms with Crippen molar-refractivity contribution in [3.63, 3.8) is 0 Å². The van der Waals surface area contributed by atoms with Crippen LogP contribution in [0.4, 0.5) is 0 Å². The molecule has 0 saturated carbocycles. The van der Waals surface area contributed by atoms with Gasteiger partial charge < -0.3 is 10.8 Å². The fourth-order valence-corrected chi connectivity index (χ4v) is 1.23. The number of hydrogen-bond donors (Lipinski definition) is 2. The third-order valence-electron chi connectivity index (χ3n) is 2.23. The van der Waals surface area contributed by atoms with Gasteiger partial charge in [0.15, 0.2) is 0 Å². The minimum atomic E-state index is -0.249. The lowest BCUT2D eigenvalue weighted by Gasteiger charge is -2.10. The van der Waals surface area contributed by atoms with E-state index in [1.807, 2.05) is 12.1 Å². The standard InChI is InChI=1S/C11H17NO/c1-8(2)9-3-5-10(6-4-9)11(12)7-13/h3-6,8,11,13H,7,12H2,1-2H3. The first kappa shape index (κ1) is 10.2. The Morgan fingerprint density at radius 3 is 2.00 bits per heavy atom. The first-order chi connectivity index (χ1) is 6.15. The Morgan fingerprint density at radius 1 is 1.15 bits per heavy atom. The molecule has 0 aliphatic heterocycles. The van der Waals surface area contributed by atoms with Gasteiger partial charge in [-0.25, -0.2) is 0 Å². The van der Waals surface area contributed by atoms with E-state index in [2.05, 4.69) is 26.0 Å². The second kappa shape index (κ2) is 4.40. The number of aliphatic hydroxyl groups excluding tert-OH is 1. The van der Waals surface area contributed by atoms with Crippen molar-refractivity contribution >= 4 is 0 Å². The quantitative estimate of drug-likeness (QED) is 0.743. The van der Waals surface area contributed by atoms with Crippen LogP contribution in [-0.2, 0) is 0 Å². The Bertz CT molecular complexity index is 253. The summed E-state index contributed by atoms with van der Waals surface area (Å²) in [5, 5.41) is 8.84. The Morgan fingerprint density at radius 2 is 1.62 bits per heavy atom. The van der Waals surface area contributed by atoms with Crippen molar-refractivity contribution in [3.8, 4) is 0 Å². The highest BCUT2D eigenvalue weighted by Crippen LogP contribution is 2.17. The van der Waals surface area contributed by atoms with Crippen molar-refractivity contribution in [3.05, 3.63) is 35.4 Å². The van der Waals surface area contributed by atoms with Gasteiger partial charge in [-0.1, -0.05) is 38.1 Å². The van der Waals surface area contributed by atoms with E-state index in [-0.39, 0.29) is 12.6 Å². The second-order valence-corrected chi connectivity index (χ2v) is 3.61. The number of aliphatic hydroxyl groups is 1. The van der Waals surface area contributed by atoms with Gasteiger partial charge in [0, 0.05) is 0 Å². The molecule has 0 radical (unpaired) electrons. The highest BCUT2D eigenvalue weighted by molar-refractivity contribution is 5.26. The van der Waals surface area contributed by atoms with Crippen LogP contribution in [0.5, 0.6) is 0 Å². The van der Waals surface area contributed by atoms with E-state index < -0.39 is 0 Å². The summed E-state index contributed by atoms with van der Waals surface area (Å²) in [6.07, 6.45) is 0. The van der Waals surface area contributed by atoms with Gasteiger partial charge in [0.2, 0.25) is 0 Å². The Hall–Kier alpha value is -0.860. The molecular formula is C11H17NO. The van der Waals surface area contributed by atoms with Crippen LogP contribution < -0.4 is 5.73 Å². The van der Waals surface area contributed by atoms with E-state index in [0.29, 0.717) is 5.92 Å². The predicted molar refractivity (Wildman–Crippen MR) is 54.5 cm³/mol. The lowest BCUT2D eigenvalue weighted by Crippen LogP contribution is -2.14.